The molecule has 1 aliphatic heterocycles. The highest BCUT2D eigenvalue weighted by Gasteiger charge is 2.39. The zero-order valence-corrected chi connectivity index (χ0v) is 14.8. The van der Waals surface area contributed by atoms with Crippen molar-refractivity contribution in [2.45, 2.75) is 21.1 Å². The molecule has 1 heterocycles. The minimum absolute atomic E-state index is 0.00194. The van der Waals surface area contributed by atoms with Crippen LogP contribution >= 0.6 is 0 Å². The van der Waals surface area contributed by atoms with E-state index in [1.54, 1.807) is 36.4 Å². The molecule has 1 saturated heterocycles. The van der Waals surface area contributed by atoms with Gasteiger partial charge >= 0.3 is 0 Å². The minimum Gasteiger partial charge on any atom is -0.378 e. The highest BCUT2D eigenvalue weighted by Crippen LogP contribution is 2.22. The number of sulfone groups is 1. The van der Waals surface area contributed by atoms with Gasteiger partial charge in [-0.15, -0.1) is 4.83 Å². The third-order valence-corrected chi connectivity index (χ3v) is 7.40. The maximum Gasteiger partial charge on any atom is 0.253 e. The molecule has 0 saturated carbocycles. The normalized spacial score (nSPS) is 21.3. The molecular formula is C16H18N2O5S2. The van der Waals surface area contributed by atoms with Crippen LogP contribution in [0.1, 0.15) is 0 Å². The first-order chi connectivity index (χ1) is 11.9. The summed E-state index contributed by atoms with van der Waals surface area (Å²) in [4.78, 5) is 2.52. The Morgan fingerprint density at radius 1 is 0.800 bits per heavy atom. The van der Waals surface area contributed by atoms with Crippen molar-refractivity contribution in [3.63, 3.8) is 0 Å². The standard InChI is InChI=1S/C16H18N2O5S2/c19-24(20,13-7-3-1-4-8-13)16-12-23-11-15(16)17-18-25(21,22)14-9-5-2-6-10-14/h1-10,15-18H,11-12H2. The molecule has 0 bridgehead atoms. The summed E-state index contributed by atoms with van der Waals surface area (Å²) in [6, 6.07) is 15.2. The van der Waals surface area contributed by atoms with Gasteiger partial charge < -0.3 is 4.74 Å². The second kappa shape index (κ2) is 7.22. The average molecular weight is 382 g/mol. The zero-order valence-electron chi connectivity index (χ0n) is 13.2. The summed E-state index contributed by atoms with van der Waals surface area (Å²) >= 11 is 0. The number of sulfonamides is 1. The molecule has 2 N–H and O–H groups in total. The van der Waals surface area contributed by atoms with E-state index in [9.17, 15) is 16.8 Å². The van der Waals surface area contributed by atoms with Gasteiger partial charge in [0.2, 0.25) is 0 Å². The maximum absolute atomic E-state index is 12.7. The van der Waals surface area contributed by atoms with Crippen molar-refractivity contribution in [1.29, 1.82) is 0 Å². The highest BCUT2D eigenvalue weighted by molar-refractivity contribution is 7.92. The first-order valence-corrected chi connectivity index (χ1v) is 10.6. The fourth-order valence-corrected chi connectivity index (χ4v) is 5.25. The average Bonchev–Trinajstić information content (AvgIpc) is 3.11. The summed E-state index contributed by atoms with van der Waals surface area (Å²) in [7, 11) is -7.44. The van der Waals surface area contributed by atoms with Crippen molar-refractivity contribution < 1.29 is 21.6 Å². The van der Waals surface area contributed by atoms with E-state index >= 15 is 0 Å². The van der Waals surface area contributed by atoms with Crippen molar-refractivity contribution in [2.75, 3.05) is 13.2 Å². The lowest BCUT2D eigenvalue weighted by atomic mass is 10.3. The summed E-state index contributed by atoms with van der Waals surface area (Å²) in [5.74, 6) is 0. The van der Waals surface area contributed by atoms with E-state index in [2.05, 4.69) is 10.3 Å². The lowest BCUT2D eigenvalue weighted by Gasteiger charge is -2.20. The van der Waals surface area contributed by atoms with Crippen LogP contribution in [0.15, 0.2) is 70.5 Å². The molecule has 0 radical (unpaired) electrons. The molecule has 0 amide bonds. The largest absolute Gasteiger partial charge is 0.378 e. The van der Waals surface area contributed by atoms with Crippen LogP contribution in [0.4, 0.5) is 0 Å². The Labute approximate surface area is 147 Å². The number of benzene rings is 2. The number of ether oxygens (including phenoxy) is 1. The van der Waals surface area contributed by atoms with Gasteiger partial charge in [0.15, 0.2) is 9.84 Å². The van der Waals surface area contributed by atoms with Gasteiger partial charge in [-0.2, -0.15) is 0 Å². The van der Waals surface area contributed by atoms with Crippen molar-refractivity contribution in [3.8, 4) is 0 Å². The van der Waals surface area contributed by atoms with E-state index in [1.165, 1.54) is 24.3 Å². The van der Waals surface area contributed by atoms with Gasteiger partial charge in [0.1, 0.15) is 5.25 Å². The molecule has 134 valence electrons. The molecule has 3 rings (SSSR count). The quantitative estimate of drug-likeness (QED) is 0.714. The molecular weight excluding hydrogens is 364 g/mol. The first kappa shape index (κ1) is 18.0. The van der Waals surface area contributed by atoms with Crippen LogP contribution in [-0.4, -0.2) is 41.3 Å². The molecule has 0 spiro atoms. The van der Waals surface area contributed by atoms with Crippen molar-refractivity contribution >= 4 is 19.9 Å². The Morgan fingerprint density at radius 2 is 1.36 bits per heavy atom. The van der Waals surface area contributed by atoms with E-state index < -0.39 is 31.2 Å². The molecule has 2 aromatic carbocycles. The van der Waals surface area contributed by atoms with E-state index in [4.69, 9.17) is 4.74 Å². The van der Waals surface area contributed by atoms with Crippen LogP contribution in [0.5, 0.6) is 0 Å². The highest BCUT2D eigenvalue weighted by atomic mass is 32.2. The van der Waals surface area contributed by atoms with Gasteiger partial charge in [0, 0.05) is 0 Å². The monoisotopic (exact) mass is 382 g/mol. The molecule has 7 nitrogen and oxygen atoms in total. The minimum atomic E-state index is -3.79. The van der Waals surface area contributed by atoms with Gasteiger partial charge in [0.05, 0.1) is 29.0 Å². The Hall–Kier alpha value is -1.78. The summed E-state index contributed by atoms with van der Waals surface area (Å²) in [5, 5.41) is -0.881. The van der Waals surface area contributed by atoms with Crippen LogP contribution in [0.25, 0.3) is 0 Å². The van der Waals surface area contributed by atoms with E-state index in [0.29, 0.717) is 0 Å². The zero-order chi connectivity index (χ0) is 17.9. The molecule has 2 atom stereocenters. The Balaban J connectivity index is 1.75. The van der Waals surface area contributed by atoms with Gasteiger partial charge in [-0.1, -0.05) is 36.4 Å². The van der Waals surface area contributed by atoms with E-state index in [-0.39, 0.29) is 23.0 Å². The molecule has 0 aliphatic carbocycles. The van der Waals surface area contributed by atoms with Crippen LogP contribution < -0.4 is 10.3 Å². The molecule has 25 heavy (non-hydrogen) atoms. The Morgan fingerprint density at radius 3 is 1.96 bits per heavy atom. The molecule has 0 aromatic heterocycles. The van der Waals surface area contributed by atoms with Crippen molar-refractivity contribution in [1.82, 2.24) is 10.3 Å². The lowest BCUT2D eigenvalue weighted by Crippen LogP contribution is -2.51. The molecule has 9 heteroatoms. The lowest BCUT2D eigenvalue weighted by molar-refractivity contribution is 0.189. The second-order valence-electron chi connectivity index (χ2n) is 5.60. The number of hydrogen-bond acceptors (Lipinski definition) is 6. The molecule has 2 aromatic rings. The number of hydrazine groups is 1. The third-order valence-electron chi connectivity index (χ3n) is 3.93. The van der Waals surface area contributed by atoms with Crippen LogP contribution in [0.3, 0.4) is 0 Å². The maximum atomic E-state index is 12.7. The SMILES string of the molecule is O=S(=O)(NNC1COCC1S(=O)(=O)c1ccccc1)c1ccccc1. The van der Waals surface area contributed by atoms with Gasteiger partial charge in [0.25, 0.3) is 10.0 Å². The van der Waals surface area contributed by atoms with E-state index in [1.807, 2.05) is 0 Å². The summed E-state index contributed by atoms with van der Waals surface area (Å²) < 4.78 is 55.3. The van der Waals surface area contributed by atoms with Gasteiger partial charge in [-0.3, -0.25) is 0 Å². The predicted octanol–water partition coefficient (Wildman–Crippen LogP) is 0.711. The van der Waals surface area contributed by atoms with E-state index in [0.717, 1.165) is 0 Å². The summed E-state index contributed by atoms with van der Waals surface area (Å²) in [6.07, 6.45) is 0. The Bertz CT molecular complexity index is 916. The summed E-state index contributed by atoms with van der Waals surface area (Å²) in [5.41, 5.74) is 2.60. The smallest absolute Gasteiger partial charge is 0.253 e. The van der Waals surface area contributed by atoms with Crippen LogP contribution in [0, 0.1) is 0 Å². The van der Waals surface area contributed by atoms with Crippen molar-refractivity contribution in [3.05, 3.63) is 60.7 Å². The second-order valence-corrected chi connectivity index (χ2v) is 9.45. The number of hydrogen-bond donors (Lipinski definition) is 2. The topological polar surface area (TPSA) is 102 Å². The number of nitrogens with one attached hydrogen (secondary N) is 2. The fourth-order valence-electron chi connectivity index (χ4n) is 2.57. The van der Waals surface area contributed by atoms with Gasteiger partial charge in [-0.05, 0) is 24.3 Å². The van der Waals surface area contributed by atoms with Crippen molar-refractivity contribution in [2.24, 2.45) is 0 Å². The Kier molecular flexibility index (Phi) is 5.21. The predicted molar refractivity (Wildman–Crippen MR) is 91.9 cm³/mol. The van der Waals surface area contributed by atoms with Crippen LogP contribution in [0.2, 0.25) is 0 Å². The molecule has 1 aliphatic rings. The van der Waals surface area contributed by atoms with Gasteiger partial charge in [-0.25, -0.2) is 22.3 Å². The molecule has 1 fully saturated rings. The summed E-state index contributed by atoms with van der Waals surface area (Å²) in [6.45, 7) is 0.0933. The number of rotatable bonds is 6. The third kappa shape index (κ3) is 3.91. The molecule has 2 unspecified atom stereocenters. The fraction of sp³-hybridized carbons (Fsp3) is 0.250. The first-order valence-electron chi connectivity index (χ1n) is 7.60. The van der Waals surface area contributed by atoms with Crippen LogP contribution in [-0.2, 0) is 24.6 Å².